The fourth-order valence-corrected chi connectivity index (χ4v) is 0.950. The number of amides is 1. The molecule has 0 aromatic heterocycles. The Bertz CT molecular complexity index is 124. The zero-order chi connectivity index (χ0) is 6.85. The van der Waals surface area contributed by atoms with E-state index in [1.807, 2.05) is 6.92 Å². The first-order valence-corrected chi connectivity index (χ1v) is 3.18. The molecule has 1 saturated heterocycles. The minimum atomic E-state index is -0.763. The van der Waals surface area contributed by atoms with Crippen LogP contribution in [0.25, 0.3) is 0 Å². The zero-order valence-electron chi connectivity index (χ0n) is 5.42. The van der Waals surface area contributed by atoms with Crippen LogP contribution in [0.1, 0.15) is 19.8 Å². The Morgan fingerprint density at radius 1 is 1.67 bits per heavy atom. The zero-order valence-corrected chi connectivity index (χ0v) is 5.42. The van der Waals surface area contributed by atoms with Crippen molar-refractivity contribution in [2.45, 2.75) is 31.9 Å². The number of hydrogen-bond acceptors (Lipinski definition) is 2. The molecule has 9 heavy (non-hydrogen) atoms. The molecule has 1 aliphatic rings. The van der Waals surface area contributed by atoms with Crippen molar-refractivity contribution in [1.29, 1.82) is 0 Å². The SMILES string of the molecule is CC1CCC(O)C(=O)N1. The summed E-state index contributed by atoms with van der Waals surface area (Å²) in [7, 11) is 0. The number of carbonyl (C=O) groups is 1. The van der Waals surface area contributed by atoms with Gasteiger partial charge in [-0.1, -0.05) is 0 Å². The van der Waals surface area contributed by atoms with Crippen LogP contribution in [0.3, 0.4) is 0 Å². The van der Waals surface area contributed by atoms with Crippen molar-refractivity contribution >= 4 is 5.91 Å². The third kappa shape index (κ3) is 1.42. The monoisotopic (exact) mass is 129 g/mol. The molecule has 0 radical (unpaired) electrons. The van der Waals surface area contributed by atoms with E-state index in [1.165, 1.54) is 0 Å². The van der Waals surface area contributed by atoms with Crippen LogP contribution in [0, 0.1) is 0 Å². The molecule has 52 valence electrons. The van der Waals surface area contributed by atoms with Gasteiger partial charge in [0.25, 0.3) is 0 Å². The average molecular weight is 129 g/mol. The van der Waals surface area contributed by atoms with E-state index >= 15 is 0 Å². The summed E-state index contributed by atoms with van der Waals surface area (Å²) in [4.78, 5) is 10.6. The van der Waals surface area contributed by atoms with E-state index in [2.05, 4.69) is 5.32 Å². The molecule has 1 aliphatic heterocycles. The van der Waals surface area contributed by atoms with Crippen molar-refractivity contribution in [3.63, 3.8) is 0 Å². The molecule has 1 amide bonds. The van der Waals surface area contributed by atoms with Gasteiger partial charge in [-0.05, 0) is 19.8 Å². The van der Waals surface area contributed by atoms with Crippen LogP contribution in [0.4, 0.5) is 0 Å². The standard InChI is InChI=1S/C6H11NO2/c1-4-2-3-5(8)6(9)7-4/h4-5,8H,2-3H2,1H3,(H,7,9). The topological polar surface area (TPSA) is 49.3 Å². The average Bonchev–Trinajstić information content (AvgIpc) is 1.80. The molecule has 0 aromatic carbocycles. The molecule has 1 fully saturated rings. The smallest absolute Gasteiger partial charge is 0.249 e. The molecular formula is C6H11NO2. The number of carbonyl (C=O) groups excluding carboxylic acids is 1. The van der Waals surface area contributed by atoms with Crippen LogP contribution in [0.5, 0.6) is 0 Å². The Morgan fingerprint density at radius 2 is 2.33 bits per heavy atom. The van der Waals surface area contributed by atoms with Gasteiger partial charge in [-0.25, -0.2) is 0 Å². The number of aliphatic hydroxyl groups excluding tert-OH is 1. The molecule has 2 unspecified atom stereocenters. The molecule has 0 aliphatic carbocycles. The molecule has 1 heterocycles. The molecule has 3 nitrogen and oxygen atoms in total. The summed E-state index contributed by atoms with van der Waals surface area (Å²) in [5, 5.41) is 11.5. The molecule has 0 saturated carbocycles. The van der Waals surface area contributed by atoms with E-state index in [-0.39, 0.29) is 11.9 Å². The lowest BCUT2D eigenvalue weighted by Crippen LogP contribution is -2.45. The first kappa shape index (κ1) is 6.55. The Morgan fingerprint density at radius 3 is 2.78 bits per heavy atom. The van der Waals surface area contributed by atoms with E-state index in [0.717, 1.165) is 6.42 Å². The van der Waals surface area contributed by atoms with Crippen LogP contribution in [-0.4, -0.2) is 23.2 Å². The van der Waals surface area contributed by atoms with Gasteiger partial charge >= 0.3 is 0 Å². The number of piperidine rings is 1. The van der Waals surface area contributed by atoms with Crippen molar-refractivity contribution in [2.75, 3.05) is 0 Å². The second-order valence-electron chi connectivity index (χ2n) is 2.50. The van der Waals surface area contributed by atoms with E-state index in [1.54, 1.807) is 0 Å². The van der Waals surface area contributed by atoms with Gasteiger partial charge in [-0.3, -0.25) is 4.79 Å². The normalized spacial score (nSPS) is 36.0. The Hall–Kier alpha value is -0.570. The minimum absolute atomic E-state index is 0.228. The highest BCUT2D eigenvalue weighted by molar-refractivity contribution is 5.81. The van der Waals surface area contributed by atoms with Crippen molar-refractivity contribution < 1.29 is 9.90 Å². The number of nitrogens with one attached hydrogen (secondary N) is 1. The number of rotatable bonds is 0. The summed E-state index contributed by atoms with van der Waals surface area (Å²) < 4.78 is 0. The lowest BCUT2D eigenvalue weighted by Gasteiger charge is -2.22. The van der Waals surface area contributed by atoms with Crippen molar-refractivity contribution in [1.82, 2.24) is 5.32 Å². The fourth-order valence-electron chi connectivity index (χ4n) is 0.950. The summed E-state index contributed by atoms with van der Waals surface area (Å²) in [5.41, 5.74) is 0. The van der Waals surface area contributed by atoms with Gasteiger partial charge < -0.3 is 10.4 Å². The highest BCUT2D eigenvalue weighted by Gasteiger charge is 2.22. The van der Waals surface area contributed by atoms with Gasteiger partial charge in [-0.15, -0.1) is 0 Å². The van der Waals surface area contributed by atoms with Gasteiger partial charge in [0.05, 0.1) is 0 Å². The maximum atomic E-state index is 10.6. The molecule has 0 bridgehead atoms. The van der Waals surface area contributed by atoms with E-state index in [0.29, 0.717) is 6.42 Å². The predicted octanol–water partition coefficient (Wildman–Crippen LogP) is -0.354. The highest BCUT2D eigenvalue weighted by Crippen LogP contribution is 2.07. The largest absolute Gasteiger partial charge is 0.383 e. The van der Waals surface area contributed by atoms with E-state index in [9.17, 15) is 4.79 Å². The minimum Gasteiger partial charge on any atom is -0.383 e. The summed E-state index contributed by atoms with van der Waals surface area (Å²) in [6.45, 7) is 1.93. The van der Waals surface area contributed by atoms with Crippen molar-refractivity contribution in [3.8, 4) is 0 Å². The van der Waals surface area contributed by atoms with Gasteiger partial charge in [0.1, 0.15) is 6.10 Å². The van der Waals surface area contributed by atoms with Crippen molar-refractivity contribution in [2.24, 2.45) is 0 Å². The molecule has 0 aromatic rings. The van der Waals surface area contributed by atoms with Crippen molar-refractivity contribution in [3.05, 3.63) is 0 Å². The molecule has 3 heteroatoms. The van der Waals surface area contributed by atoms with E-state index < -0.39 is 6.10 Å². The van der Waals surface area contributed by atoms with Gasteiger partial charge in [0.2, 0.25) is 5.91 Å². The number of hydrogen-bond donors (Lipinski definition) is 2. The van der Waals surface area contributed by atoms with Gasteiger partial charge in [0.15, 0.2) is 0 Å². The molecule has 2 atom stereocenters. The summed E-state index contributed by atoms with van der Waals surface area (Å²) >= 11 is 0. The maximum absolute atomic E-state index is 10.6. The maximum Gasteiger partial charge on any atom is 0.249 e. The highest BCUT2D eigenvalue weighted by atomic mass is 16.3. The summed E-state index contributed by atoms with van der Waals surface area (Å²) in [5.74, 6) is -0.228. The van der Waals surface area contributed by atoms with Crippen LogP contribution < -0.4 is 5.32 Å². The quantitative estimate of drug-likeness (QED) is 0.469. The van der Waals surface area contributed by atoms with Crippen LogP contribution in [0.15, 0.2) is 0 Å². The van der Waals surface area contributed by atoms with Crippen LogP contribution >= 0.6 is 0 Å². The van der Waals surface area contributed by atoms with Crippen LogP contribution in [0.2, 0.25) is 0 Å². The fraction of sp³-hybridized carbons (Fsp3) is 0.833. The third-order valence-electron chi connectivity index (χ3n) is 1.56. The predicted molar refractivity (Wildman–Crippen MR) is 32.8 cm³/mol. The Labute approximate surface area is 54.1 Å². The lowest BCUT2D eigenvalue weighted by molar-refractivity contribution is -0.132. The second-order valence-corrected chi connectivity index (χ2v) is 2.50. The van der Waals surface area contributed by atoms with E-state index in [4.69, 9.17) is 5.11 Å². The van der Waals surface area contributed by atoms with Gasteiger partial charge in [-0.2, -0.15) is 0 Å². The number of aliphatic hydroxyl groups is 1. The second kappa shape index (κ2) is 2.35. The molecule has 1 rings (SSSR count). The summed E-state index contributed by atoms with van der Waals surface area (Å²) in [6, 6.07) is 0.237. The molecule has 0 spiro atoms. The van der Waals surface area contributed by atoms with Crippen LogP contribution in [-0.2, 0) is 4.79 Å². The Balaban J connectivity index is 2.44. The molecule has 2 N–H and O–H groups in total. The molecular weight excluding hydrogens is 118 g/mol. The summed E-state index contributed by atoms with van der Waals surface area (Å²) in [6.07, 6.45) is 0.723. The first-order chi connectivity index (χ1) is 4.20. The first-order valence-electron chi connectivity index (χ1n) is 3.18. The lowest BCUT2D eigenvalue weighted by atomic mass is 10.0. The Kier molecular flexibility index (Phi) is 1.71. The van der Waals surface area contributed by atoms with Gasteiger partial charge in [0, 0.05) is 6.04 Å². The third-order valence-corrected chi connectivity index (χ3v) is 1.56.